The molecule has 0 fully saturated rings. The molecule has 1 atom stereocenters. The van der Waals surface area contributed by atoms with Gasteiger partial charge in [0, 0.05) is 5.56 Å². The van der Waals surface area contributed by atoms with E-state index in [1.807, 2.05) is 24.5 Å². The molecule has 0 aromatic heterocycles. The van der Waals surface area contributed by atoms with Gasteiger partial charge in [0.25, 0.3) is 0 Å². The summed E-state index contributed by atoms with van der Waals surface area (Å²) in [5.74, 6) is 0.460. The van der Waals surface area contributed by atoms with Crippen LogP contribution in [0.25, 0.3) is 0 Å². The Morgan fingerprint density at radius 1 is 1.43 bits per heavy atom. The Kier molecular flexibility index (Phi) is 4.21. The zero-order chi connectivity index (χ0) is 10.6. The van der Waals surface area contributed by atoms with E-state index in [0.29, 0.717) is 5.92 Å². The van der Waals surface area contributed by atoms with Crippen molar-refractivity contribution < 1.29 is 4.79 Å². The molecule has 0 N–H and O–H groups in total. The first kappa shape index (κ1) is 11.3. The third-order valence-electron chi connectivity index (χ3n) is 2.51. The van der Waals surface area contributed by atoms with Gasteiger partial charge in [-0.2, -0.15) is 0 Å². The SMILES string of the molecule is CCC(C)c1ccccc1C(=O)SC. The normalized spacial score (nSPS) is 12.5. The number of benzene rings is 1. The molecule has 0 saturated carbocycles. The van der Waals surface area contributed by atoms with Crippen molar-refractivity contribution in [1.29, 1.82) is 0 Å². The lowest BCUT2D eigenvalue weighted by Gasteiger charge is -2.12. The second kappa shape index (κ2) is 5.20. The summed E-state index contributed by atoms with van der Waals surface area (Å²) >= 11 is 1.28. The van der Waals surface area contributed by atoms with Gasteiger partial charge < -0.3 is 0 Å². The van der Waals surface area contributed by atoms with Crippen LogP contribution < -0.4 is 0 Å². The van der Waals surface area contributed by atoms with Gasteiger partial charge in [0.15, 0.2) is 0 Å². The number of hydrogen-bond acceptors (Lipinski definition) is 2. The number of carbonyl (C=O) groups excluding carboxylic acids is 1. The molecule has 0 amide bonds. The minimum atomic E-state index is 0.168. The molecule has 0 spiro atoms. The molecule has 0 aliphatic carbocycles. The minimum absolute atomic E-state index is 0.168. The maximum atomic E-state index is 11.6. The maximum absolute atomic E-state index is 11.6. The standard InChI is InChI=1S/C12H16OS/c1-4-9(2)10-7-5-6-8-11(10)12(13)14-3/h5-9H,4H2,1-3H3. The van der Waals surface area contributed by atoms with Crippen LogP contribution in [-0.4, -0.2) is 11.4 Å². The number of hydrogen-bond donors (Lipinski definition) is 0. The van der Waals surface area contributed by atoms with Crippen molar-refractivity contribution in [3.63, 3.8) is 0 Å². The van der Waals surface area contributed by atoms with Crippen molar-refractivity contribution in [2.75, 3.05) is 6.26 Å². The van der Waals surface area contributed by atoms with E-state index in [1.165, 1.54) is 17.3 Å². The average Bonchev–Trinajstić information content (AvgIpc) is 2.27. The van der Waals surface area contributed by atoms with Gasteiger partial charge in [-0.15, -0.1) is 0 Å². The molecule has 14 heavy (non-hydrogen) atoms. The van der Waals surface area contributed by atoms with Crippen LogP contribution in [0.5, 0.6) is 0 Å². The second-order valence-electron chi connectivity index (χ2n) is 3.39. The lowest BCUT2D eigenvalue weighted by atomic mass is 9.94. The monoisotopic (exact) mass is 208 g/mol. The van der Waals surface area contributed by atoms with E-state index in [0.717, 1.165) is 12.0 Å². The molecule has 1 rings (SSSR count). The van der Waals surface area contributed by atoms with Gasteiger partial charge in [0.05, 0.1) is 0 Å². The molecule has 1 aromatic rings. The molecule has 0 aliphatic rings. The zero-order valence-corrected chi connectivity index (χ0v) is 9.73. The van der Waals surface area contributed by atoms with E-state index in [4.69, 9.17) is 0 Å². The average molecular weight is 208 g/mol. The quantitative estimate of drug-likeness (QED) is 0.753. The van der Waals surface area contributed by atoms with E-state index in [9.17, 15) is 4.79 Å². The lowest BCUT2D eigenvalue weighted by molar-refractivity contribution is 0.108. The van der Waals surface area contributed by atoms with Crippen molar-refractivity contribution in [3.05, 3.63) is 35.4 Å². The van der Waals surface area contributed by atoms with Crippen molar-refractivity contribution in [3.8, 4) is 0 Å². The fraction of sp³-hybridized carbons (Fsp3) is 0.417. The minimum Gasteiger partial charge on any atom is -0.282 e. The highest BCUT2D eigenvalue weighted by Crippen LogP contribution is 2.24. The molecule has 1 unspecified atom stereocenters. The largest absolute Gasteiger partial charge is 0.282 e. The van der Waals surface area contributed by atoms with Gasteiger partial charge in [-0.3, -0.25) is 4.79 Å². The summed E-state index contributed by atoms with van der Waals surface area (Å²) in [5.41, 5.74) is 2.05. The molecule has 0 saturated heterocycles. The lowest BCUT2D eigenvalue weighted by Crippen LogP contribution is -2.02. The number of carbonyl (C=O) groups is 1. The highest BCUT2D eigenvalue weighted by Gasteiger charge is 2.13. The molecule has 0 heterocycles. The molecule has 1 nitrogen and oxygen atoms in total. The molecule has 2 heteroatoms. The highest BCUT2D eigenvalue weighted by molar-refractivity contribution is 8.13. The summed E-state index contributed by atoms with van der Waals surface area (Å²) in [6.07, 6.45) is 2.90. The molecule has 76 valence electrons. The smallest absolute Gasteiger partial charge is 0.219 e. The van der Waals surface area contributed by atoms with E-state index in [2.05, 4.69) is 19.9 Å². The third kappa shape index (κ3) is 2.38. The van der Waals surface area contributed by atoms with Crippen molar-refractivity contribution in [1.82, 2.24) is 0 Å². The number of thioether (sulfide) groups is 1. The van der Waals surface area contributed by atoms with Crippen LogP contribution in [0.2, 0.25) is 0 Å². The first-order valence-electron chi connectivity index (χ1n) is 4.88. The van der Waals surface area contributed by atoms with Crippen LogP contribution in [-0.2, 0) is 0 Å². The Labute approximate surface area is 89.9 Å². The van der Waals surface area contributed by atoms with Crippen LogP contribution in [0.3, 0.4) is 0 Å². The van der Waals surface area contributed by atoms with Gasteiger partial charge in [-0.1, -0.05) is 49.9 Å². The van der Waals surface area contributed by atoms with Gasteiger partial charge in [0.2, 0.25) is 5.12 Å². The van der Waals surface area contributed by atoms with Crippen LogP contribution in [0.1, 0.15) is 42.1 Å². The molecule has 0 aliphatic heterocycles. The Hall–Kier alpha value is -0.760. The molecule has 0 bridgehead atoms. The Bertz CT molecular complexity index is 320. The summed E-state index contributed by atoms with van der Waals surface area (Å²) in [4.78, 5) is 11.6. The first-order valence-corrected chi connectivity index (χ1v) is 6.10. The highest BCUT2D eigenvalue weighted by atomic mass is 32.2. The van der Waals surface area contributed by atoms with Crippen LogP contribution >= 0.6 is 11.8 Å². The third-order valence-corrected chi connectivity index (χ3v) is 3.10. The maximum Gasteiger partial charge on any atom is 0.219 e. The van der Waals surface area contributed by atoms with E-state index < -0.39 is 0 Å². The molecule has 1 aromatic carbocycles. The summed E-state index contributed by atoms with van der Waals surface area (Å²) in [6.45, 7) is 4.30. The van der Waals surface area contributed by atoms with Crippen molar-refractivity contribution in [2.24, 2.45) is 0 Å². The number of rotatable bonds is 3. The fourth-order valence-corrected chi connectivity index (χ4v) is 1.85. The summed E-state index contributed by atoms with van der Waals surface area (Å²) in [5, 5.41) is 0.168. The Morgan fingerprint density at radius 2 is 2.07 bits per heavy atom. The molecule has 0 radical (unpaired) electrons. The summed E-state index contributed by atoms with van der Waals surface area (Å²) < 4.78 is 0. The van der Waals surface area contributed by atoms with Gasteiger partial charge >= 0.3 is 0 Å². The topological polar surface area (TPSA) is 17.1 Å². The Balaban J connectivity index is 3.09. The van der Waals surface area contributed by atoms with Gasteiger partial charge in [-0.25, -0.2) is 0 Å². The van der Waals surface area contributed by atoms with Crippen LogP contribution in [0, 0.1) is 0 Å². The zero-order valence-electron chi connectivity index (χ0n) is 8.91. The van der Waals surface area contributed by atoms with E-state index >= 15 is 0 Å². The van der Waals surface area contributed by atoms with E-state index in [1.54, 1.807) is 0 Å². The van der Waals surface area contributed by atoms with Crippen molar-refractivity contribution >= 4 is 16.9 Å². The molecular formula is C12H16OS. The van der Waals surface area contributed by atoms with Crippen LogP contribution in [0.15, 0.2) is 24.3 Å². The van der Waals surface area contributed by atoms with Crippen LogP contribution in [0.4, 0.5) is 0 Å². The first-order chi connectivity index (χ1) is 6.70. The fourth-order valence-electron chi connectivity index (χ4n) is 1.44. The second-order valence-corrected chi connectivity index (χ2v) is 4.17. The van der Waals surface area contributed by atoms with E-state index in [-0.39, 0.29) is 5.12 Å². The predicted molar refractivity (Wildman–Crippen MR) is 63.0 cm³/mol. The Morgan fingerprint density at radius 3 is 2.64 bits per heavy atom. The predicted octanol–water partition coefficient (Wildman–Crippen LogP) is 3.70. The van der Waals surface area contributed by atoms with Crippen molar-refractivity contribution in [2.45, 2.75) is 26.2 Å². The van der Waals surface area contributed by atoms with Gasteiger partial charge in [-0.05, 0) is 24.2 Å². The summed E-state index contributed by atoms with van der Waals surface area (Å²) in [7, 11) is 0. The molecular weight excluding hydrogens is 192 g/mol. The van der Waals surface area contributed by atoms with Gasteiger partial charge in [0.1, 0.15) is 0 Å². The summed E-state index contributed by atoms with van der Waals surface area (Å²) in [6, 6.07) is 7.89.